The normalized spacial score (nSPS) is 17.5. The Balaban J connectivity index is 2.23. The molecule has 24 heavy (non-hydrogen) atoms. The molecule has 0 aromatic heterocycles. The Kier molecular flexibility index (Phi) is 6.45. The number of hydrogen-bond donors (Lipinski definition) is 2. The van der Waals surface area contributed by atoms with Gasteiger partial charge in [-0.3, -0.25) is 19.8 Å². The molecule has 1 aliphatic rings. The summed E-state index contributed by atoms with van der Waals surface area (Å²) in [5, 5.41) is 3.07. The van der Waals surface area contributed by atoms with Crippen LogP contribution in [0.5, 0.6) is 5.75 Å². The van der Waals surface area contributed by atoms with Crippen LogP contribution in [0.3, 0.4) is 0 Å². The lowest BCUT2D eigenvalue weighted by Crippen LogP contribution is -2.52. The van der Waals surface area contributed by atoms with E-state index in [-0.39, 0.29) is 11.7 Å². The molecule has 2 rings (SSSR count). The molecule has 0 radical (unpaired) electrons. The second-order valence-electron chi connectivity index (χ2n) is 5.01. The van der Waals surface area contributed by atoms with Crippen molar-refractivity contribution >= 4 is 24.5 Å². The van der Waals surface area contributed by atoms with E-state index in [1.54, 1.807) is 48.7 Å². The summed E-state index contributed by atoms with van der Waals surface area (Å²) in [6, 6.07) is 6.36. The highest BCUT2D eigenvalue weighted by atomic mass is 32.1. The van der Waals surface area contributed by atoms with Gasteiger partial charge in [-0.05, 0) is 24.3 Å². The lowest BCUT2D eigenvalue weighted by molar-refractivity contribution is -0.142. The molecule has 0 spiro atoms. The maximum atomic E-state index is 12.9. The van der Waals surface area contributed by atoms with Crippen molar-refractivity contribution in [1.29, 1.82) is 0 Å². The third kappa shape index (κ3) is 3.98. The average Bonchev–Trinajstić information content (AvgIpc) is 2.65. The van der Waals surface area contributed by atoms with Crippen LogP contribution in [0.2, 0.25) is 0 Å². The van der Waals surface area contributed by atoms with Crippen LogP contribution in [-0.2, 0) is 9.53 Å². The minimum absolute atomic E-state index is 0.242. The maximum absolute atomic E-state index is 12.9. The fraction of sp³-hybridized carbons (Fsp3) is 0.294. The summed E-state index contributed by atoms with van der Waals surface area (Å²) in [4.78, 5) is 26.1. The van der Waals surface area contributed by atoms with Crippen LogP contribution in [0.25, 0.3) is 0 Å². The van der Waals surface area contributed by atoms with Gasteiger partial charge in [0.1, 0.15) is 18.0 Å². The summed E-state index contributed by atoms with van der Waals surface area (Å²) in [7, 11) is 2.83. The van der Waals surface area contributed by atoms with Crippen LogP contribution >= 0.6 is 12.6 Å². The zero-order valence-electron chi connectivity index (χ0n) is 13.5. The van der Waals surface area contributed by atoms with Crippen LogP contribution in [0.1, 0.15) is 10.4 Å². The lowest BCUT2D eigenvalue weighted by Gasteiger charge is -2.31. The molecule has 1 unspecified atom stereocenters. The number of rotatable bonds is 6. The maximum Gasteiger partial charge on any atom is 0.323 e. The summed E-state index contributed by atoms with van der Waals surface area (Å²) < 4.78 is 10.00. The van der Waals surface area contributed by atoms with Crippen LogP contribution in [0, 0.1) is 0 Å². The Morgan fingerprint density at radius 1 is 1.29 bits per heavy atom. The standard InChI is InChI=1S/C17H20N2O4S/c1-22-14-8-4-3-7-12(14)16(20)19-10-6-5-9-15(19)18-13(11-24)17(21)23-2/h3-10,13,15,18,24H,11H2,1-2H3/t13?,15-/m0/s1. The van der Waals surface area contributed by atoms with E-state index in [2.05, 4.69) is 17.9 Å². The van der Waals surface area contributed by atoms with E-state index in [1.807, 2.05) is 0 Å². The van der Waals surface area contributed by atoms with Gasteiger partial charge in [0.15, 0.2) is 0 Å². The van der Waals surface area contributed by atoms with Gasteiger partial charge in [-0.15, -0.1) is 0 Å². The molecule has 7 heteroatoms. The van der Waals surface area contributed by atoms with Crippen molar-refractivity contribution in [2.75, 3.05) is 20.0 Å². The van der Waals surface area contributed by atoms with Gasteiger partial charge in [0, 0.05) is 12.0 Å². The van der Waals surface area contributed by atoms with Crippen LogP contribution in [0.15, 0.2) is 48.7 Å². The Hall–Kier alpha value is -2.25. The van der Waals surface area contributed by atoms with Crippen molar-refractivity contribution in [1.82, 2.24) is 10.2 Å². The number of nitrogens with one attached hydrogen (secondary N) is 1. The number of ether oxygens (including phenoxy) is 2. The number of hydrogen-bond acceptors (Lipinski definition) is 6. The van der Waals surface area contributed by atoms with Gasteiger partial charge in [0.05, 0.1) is 19.8 Å². The molecule has 1 aromatic carbocycles. The van der Waals surface area contributed by atoms with E-state index < -0.39 is 18.2 Å². The summed E-state index contributed by atoms with van der Waals surface area (Å²) in [6.45, 7) is 0. The number of thiol groups is 1. The monoisotopic (exact) mass is 348 g/mol. The van der Waals surface area contributed by atoms with E-state index in [0.29, 0.717) is 11.3 Å². The van der Waals surface area contributed by atoms with Crippen molar-refractivity contribution in [3.8, 4) is 5.75 Å². The molecule has 0 fully saturated rings. The largest absolute Gasteiger partial charge is 0.496 e. The number of carbonyl (C=O) groups is 2. The van der Waals surface area contributed by atoms with Gasteiger partial charge in [-0.25, -0.2) is 0 Å². The van der Waals surface area contributed by atoms with Crippen molar-refractivity contribution in [3.63, 3.8) is 0 Å². The number of carbonyl (C=O) groups excluding carboxylic acids is 2. The Bertz CT molecular complexity index is 660. The number of esters is 1. The molecule has 0 bridgehead atoms. The fourth-order valence-electron chi connectivity index (χ4n) is 2.33. The zero-order valence-corrected chi connectivity index (χ0v) is 14.4. The van der Waals surface area contributed by atoms with Crippen LogP contribution in [0.4, 0.5) is 0 Å². The van der Waals surface area contributed by atoms with E-state index in [9.17, 15) is 9.59 Å². The molecule has 0 saturated heterocycles. The first kappa shape index (κ1) is 18.1. The molecule has 0 aliphatic carbocycles. The molecule has 1 heterocycles. The molecule has 2 atom stereocenters. The smallest absolute Gasteiger partial charge is 0.323 e. The van der Waals surface area contributed by atoms with E-state index in [1.165, 1.54) is 19.1 Å². The number of nitrogens with zero attached hydrogens (tertiary/aromatic N) is 1. The number of para-hydroxylation sites is 1. The predicted molar refractivity (Wildman–Crippen MR) is 94.0 cm³/mol. The molecule has 1 aromatic rings. The molecule has 0 saturated carbocycles. The molecule has 1 N–H and O–H groups in total. The third-order valence-electron chi connectivity index (χ3n) is 3.56. The van der Waals surface area contributed by atoms with E-state index >= 15 is 0 Å². The second kappa shape index (κ2) is 8.56. The average molecular weight is 348 g/mol. The third-order valence-corrected chi connectivity index (χ3v) is 3.93. The van der Waals surface area contributed by atoms with Gasteiger partial charge < -0.3 is 9.47 Å². The van der Waals surface area contributed by atoms with Gasteiger partial charge in [-0.1, -0.05) is 18.2 Å². The van der Waals surface area contributed by atoms with Gasteiger partial charge in [-0.2, -0.15) is 12.6 Å². The first-order valence-corrected chi connectivity index (χ1v) is 8.01. The summed E-state index contributed by atoms with van der Waals surface area (Å²) in [6.07, 6.45) is 6.49. The number of methoxy groups -OCH3 is 2. The molecular formula is C17H20N2O4S. The SMILES string of the molecule is COC(=O)C(CS)N[C@@H]1C=CC=CN1C(=O)c1ccccc1OC. The van der Waals surface area contributed by atoms with Gasteiger partial charge in [0.25, 0.3) is 5.91 Å². The Morgan fingerprint density at radius 2 is 2.04 bits per heavy atom. The number of amides is 1. The molecule has 128 valence electrons. The van der Waals surface area contributed by atoms with Crippen LogP contribution in [-0.4, -0.2) is 49.0 Å². The topological polar surface area (TPSA) is 67.9 Å². The fourth-order valence-corrected chi connectivity index (χ4v) is 2.59. The molecular weight excluding hydrogens is 328 g/mol. The summed E-state index contributed by atoms with van der Waals surface area (Å²) in [5.41, 5.74) is 0.437. The second-order valence-corrected chi connectivity index (χ2v) is 5.37. The number of benzene rings is 1. The Labute approximate surface area is 146 Å². The van der Waals surface area contributed by atoms with Gasteiger partial charge >= 0.3 is 5.97 Å². The van der Waals surface area contributed by atoms with Crippen LogP contribution < -0.4 is 10.1 Å². The zero-order chi connectivity index (χ0) is 17.5. The molecule has 1 amide bonds. The highest BCUT2D eigenvalue weighted by Crippen LogP contribution is 2.21. The van der Waals surface area contributed by atoms with Gasteiger partial charge in [0.2, 0.25) is 0 Å². The van der Waals surface area contributed by atoms with Crippen molar-refractivity contribution in [2.45, 2.75) is 12.2 Å². The minimum Gasteiger partial charge on any atom is -0.496 e. The highest BCUT2D eigenvalue weighted by Gasteiger charge is 2.28. The van der Waals surface area contributed by atoms with E-state index in [0.717, 1.165) is 0 Å². The summed E-state index contributed by atoms with van der Waals surface area (Å²) >= 11 is 4.16. The first-order valence-electron chi connectivity index (χ1n) is 7.37. The quantitative estimate of drug-likeness (QED) is 0.604. The summed E-state index contributed by atoms with van der Waals surface area (Å²) in [5.74, 6) is 0.0612. The lowest BCUT2D eigenvalue weighted by atomic mass is 10.1. The van der Waals surface area contributed by atoms with E-state index in [4.69, 9.17) is 9.47 Å². The Morgan fingerprint density at radius 3 is 2.71 bits per heavy atom. The molecule has 6 nitrogen and oxygen atoms in total. The first-order chi connectivity index (χ1) is 11.6. The molecule has 1 aliphatic heterocycles. The highest BCUT2D eigenvalue weighted by molar-refractivity contribution is 7.80. The van der Waals surface area contributed by atoms with Crippen molar-refractivity contribution in [3.05, 3.63) is 54.3 Å². The number of allylic oxidation sites excluding steroid dienone is 2. The predicted octanol–water partition coefficient (Wildman–Crippen LogP) is 1.61. The minimum atomic E-state index is -0.632. The van der Waals surface area contributed by atoms with Crippen molar-refractivity contribution in [2.24, 2.45) is 0 Å². The van der Waals surface area contributed by atoms with Crippen molar-refractivity contribution < 1.29 is 19.1 Å².